The Morgan fingerprint density at radius 2 is 1.93 bits per heavy atom. The van der Waals surface area contributed by atoms with Gasteiger partial charge in [-0.3, -0.25) is 0 Å². The lowest BCUT2D eigenvalue weighted by Crippen LogP contribution is -2.21. The van der Waals surface area contributed by atoms with Crippen LogP contribution in [-0.2, 0) is 7.05 Å². The maximum absolute atomic E-state index is 11.6. The molecule has 0 atom stereocenters. The summed E-state index contributed by atoms with van der Waals surface area (Å²) >= 11 is 5.82. The maximum atomic E-state index is 11.6. The van der Waals surface area contributed by atoms with Crippen LogP contribution in [-0.4, -0.2) is 22.2 Å². The summed E-state index contributed by atoms with van der Waals surface area (Å²) in [6, 6.07) is 6.82. The standard InChI is InChI=1S/C9H7BClN3O/c1-13-9(15)14(8(11)12-13)7-4-2-6(10)3-5-7/h2-5H,1H3. The normalized spacial score (nSPS) is 10.5. The summed E-state index contributed by atoms with van der Waals surface area (Å²) in [5, 5.41) is 3.94. The molecule has 0 aliphatic heterocycles. The van der Waals surface area contributed by atoms with Gasteiger partial charge in [0.15, 0.2) is 0 Å². The minimum absolute atomic E-state index is 0.132. The van der Waals surface area contributed by atoms with Crippen molar-refractivity contribution in [3.8, 4) is 5.69 Å². The number of hydrogen-bond donors (Lipinski definition) is 0. The highest BCUT2D eigenvalue weighted by Gasteiger charge is 2.09. The van der Waals surface area contributed by atoms with Crippen LogP contribution in [0.3, 0.4) is 0 Å². The van der Waals surface area contributed by atoms with Gasteiger partial charge in [0.25, 0.3) is 0 Å². The van der Waals surface area contributed by atoms with Gasteiger partial charge in [-0.2, -0.15) is 0 Å². The van der Waals surface area contributed by atoms with E-state index in [1.54, 1.807) is 31.3 Å². The van der Waals surface area contributed by atoms with Crippen molar-refractivity contribution in [3.05, 3.63) is 40.0 Å². The zero-order chi connectivity index (χ0) is 11.0. The molecule has 74 valence electrons. The number of nitrogens with zero attached hydrogens (tertiary/aromatic N) is 3. The van der Waals surface area contributed by atoms with E-state index >= 15 is 0 Å². The van der Waals surface area contributed by atoms with E-state index < -0.39 is 0 Å². The van der Waals surface area contributed by atoms with Gasteiger partial charge in [-0.25, -0.2) is 14.0 Å². The van der Waals surface area contributed by atoms with E-state index in [1.807, 2.05) is 0 Å². The van der Waals surface area contributed by atoms with Crippen molar-refractivity contribution in [1.29, 1.82) is 0 Å². The predicted octanol–water partition coefficient (Wildman–Crippen LogP) is 0.0182. The van der Waals surface area contributed by atoms with E-state index in [4.69, 9.17) is 19.4 Å². The molecule has 0 fully saturated rings. The van der Waals surface area contributed by atoms with Gasteiger partial charge in [0.1, 0.15) is 7.85 Å². The van der Waals surface area contributed by atoms with E-state index in [2.05, 4.69) is 5.10 Å². The third kappa shape index (κ3) is 1.70. The molecule has 1 heterocycles. The van der Waals surface area contributed by atoms with Crippen molar-refractivity contribution in [2.75, 3.05) is 0 Å². The molecule has 0 aliphatic rings. The Kier molecular flexibility index (Phi) is 2.40. The fourth-order valence-corrected chi connectivity index (χ4v) is 1.56. The van der Waals surface area contributed by atoms with Gasteiger partial charge in [0.05, 0.1) is 5.69 Å². The van der Waals surface area contributed by atoms with Gasteiger partial charge >= 0.3 is 5.69 Å². The molecule has 0 saturated heterocycles. The highest BCUT2D eigenvalue weighted by atomic mass is 35.5. The minimum Gasteiger partial charge on any atom is -0.246 e. The van der Waals surface area contributed by atoms with Crippen LogP contribution in [0, 0.1) is 0 Å². The molecule has 0 unspecified atom stereocenters. The maximum Gasteiger partial charge on any atom is 0.351 e. The Morgan fingerprint density at radius 1 is 1.33 bits per heavy atom. The van der Waals surface area contributed by atoms with E-state index in [-0.39, 0.29) is 11.0 Å². The lowest BCUT2D eigenvalue weighted by atomic mass is 9.96. The molecule has 6 heteroatoms. The van der Waals surface area contributed by atoms with E-state index in [9.17, 15) is 4.79 Å². The summed E-state index contributed by atoms with van der Waals surface area (Å²) in [6.45, 7) is 0. The van der Waals surface area contributed by atoms with E-state index in [1.165, 1.54) is 9.25 Å². The minimum atomic E-state index is -0.287. The third-order valence-corrected chi connectivity index (χ3v) is 2.28. The van der Waals surface area contributed by atoms with Gasteiger partial charge in [-0.1, -0.05) is 17.6 Å². The van der Waals surface area contributed by atoms with Gasteiger partial charge in [0, 0.05) is 7.05 Å². The zero-order valence-electron chi connectivity index (χ0n) is 8.01. The molecule has 0 saturated carbocycles. The van der Waals surface area contributed by atoms with Gasteiger partial charge < -0.3 is 0 Å². The highest BCUT2D eigenvalue weighted by molar-refractivity contribution is 6.32. The van der Waals surface area contributed by atoms with Crippen molar-refractivity contribution in [1.82, 2.24) is 14.3 Å². The first-order valence-electron chi connectivity index (χ1n) is 4.27. The number of hydrogen-bond acceptors (Lipinski definition) is 2. The molecule has 0 aliphatic carbocycles. The molecule has 0 amide bonds. The molecule has 0 N–H and O–H groups in total. The van der Waals surface area contributed by atoms with Gasteiger partial charge in [-0.15, -0.1) is 5.10 Å². The average molecular weight is 219 g/mol. The highest BCUT2D eigenvalue weighted by Crippen LogP contribution is 2.09. The Hall–Kier alpha value is -1.49. The van der Waals surface area contributed by atoms with Crippen molar-refractivity contribution in [2.45, 2.75) is 0 Å². The predicted molar refractivity (Wildman–Crippen MR) is 59.2 cm³/mol. The summed E-state index contributed by atoms with van der Waals surface area (Å²) in [7, 11) is 7.09. The monoisotopic (exact) mass is 219 g/mol. The Bertz CT molecular complexity index is 543. The molecule has 2 rings (SSSR count). The van der Waals surface area contributed by atoms with Crippen LogP contribution in [0.2, 0.25) is 5.28 Å². The Labute approximate surface area is 92.5 Å². The topological polar surface area (TPSA) is 39.8 Å². The van der Waals surface area contributed by atoms with Crippen LogP contribution in [0.4, 0.5) is 0 Å². The molecule has 4 nitrogen and oxygen atoms in total. The molecule has 1 aromatic heterocycles. The van der Waals surface area contributed by atoms with Crippen LogP contribution in [0.5, 0.6) is 0 Å². The number of halogens is 1. The molecule has 0 spiro atoms. The first-order valence-corrected chi connectivity index (χ1v) is 4.65. The second kappa shape index (κ2) is 3.58. The summed E-state index contributed by atoms with van der Waals surface area (Å²) in [5.74, 6) is 0. The largest absolute Gasteiger partial charge is 0.351 e. The Morgan fingerprint density at radius 3 is 2.40 bits per heavy atom. The van der Waals surface area contributed by atoms with Crippen LogP contribution < -0.4 is 11.2 Å². The molecular formula is C9H7BClN3O. The third-order valence-electron chi connectivity index (χ3n) is 2.04. The van der Waals surface area contributed by atoms with Gasteiger partial charge in [0.2, 0.25) is 5.28 Å². The lowest BCUT2D eigenvalue weighted by molar-refractivity contribution is 0.726. The molecule has 1 aromatic carbocycles. The first-order chi connectivity index (χ1) is 7.09. The van der Waals surface area contributed by atoms with Crippen LogP contribution in [0.25, 0.3) is 5.69 Å². The average Bonchev–Trinajstić information content (AvgIpc) is 2.44. The fraction of sp³-hybridized carbons (Fsp3) is 0.111. The first kappa shape index (κ1) is 10.0. The van der Waals surface area contributed by atoms with Crippen LogP contribution in [0.15, 0.2) is 29.1 Å². The number of benzene rings is 1. The zero-order valence-corrected chi connectivity index (χ0v) is 8.77. The Balaban J connectivity index is 2.64. The second-order valence-corrected chi connectivity index (χ2v) is 3.44. The van der Waals surface area contributed by atoms with Crippen LogP contribution >= 0.6 is 11.6 Å². The van der Waals surface area contributed by atoms with Crippen molar-refractivity contribution in [3.63, 3.8) is 0 Å². The molecule has 2 aromatic rings. The smallest absolute Gasteiger partial charge is 0.246 e. The van der Waals surface area contributed by atoms with Gasteiger partial charge in [-0.05, 0) is 23.7 Å². The summed E-state index contributed by atoms with van der Waals surface area (Å²) in [4.78, 5) is 11.6. The molecule has 2 radical (unpaired) electrons. The lowest BCUT2D eigenvalue weighted by Gasteiger charge is -2.01. The summed E-state index contributed by atoms with van der Waals surface area (Å²) in [6.07, 6.45) is 0. The molecular weight excluding hydrogens is 212 g/mol. The second-order valence-electron chi connectivity index (χ2n) is 3.10. The molecule has 0 bridgehead atoms. The molecule has 15 heavy (non-hydrogen) atoms. The number of aryl methyl sites for hydroxylation is 1. The SMILES string of the molecule is [B]c1ccc(-n2c(Cl)nn(C)c2=O)cc1. The van der Waals surface area contributed by atoms with Crippen molar-refractivity contribution >= 4 is 24.9 Å². The quantitative estimate of drug-likeness (QED) is 0.634. The van der Waals surface area contributed by atoms with Crippen molar-refractivity contribution in [2.24, 2.45) is 7.05 Å². The summed E-state index contributed by atoms with van der Waals surface area (Å²) < 4.78 is 2.49. The van der Waals surface area contributed by atoms with E-state index in [0.29, 0.717) is 11.2 Å². The number of rotatable bonds is 1. The number of aromatic nitrogens is 3. The fourth-order valence-electron chi connectivity index (χ4n) is 1.28. The summed E-state index contributed by atoms with van der Waals surface area (Å²) in [5.41, 5.74) is 0.990. The van der Waals surface area contributed by atoms with E-state index in [0.717, 1.165) is 0 Å². The van der Waals surface area contributed by atoms with Crippen LogP contribution in [0.1, 0.15) is 0 Å². The van der Waals surface area contributed by atoms with Crippen molar-refractivity contribution < 1.29 is 0 Å².